The highest BCUT2D eigenvalue weighted by Crippen LogP contribution is 2.36. The van der Waals surface area contributed by atoms with Crippen molar-refractivity contribution in [3.05, 3.63) is 72.9 Å². The van der Waals surface area contributed by atoms with Crippen molar-refractivity contribution in [2.75, 3.05) is 13.2 Å². The lowest BCUT2D eigenvalue weighted by Gasteiger charge is -2.18. The van der Waals surface area contributed by atoms with Crippen LogP contribution in [-0.4, -0.2) is 63.5 Å². The molecule has 0 heterocycles. The fourth-order valence-corrected chi connectivity index (χ4v) is 5.52. The van der Waals surface area contributed by atoms with Gasteiger partial charge in [0.05, 0.1) is 18.8 Å². The maximum absolute atomic E-state index is 12.4. The summed E-state index contributed by atoms with van der Waals surface area (Å²) in [7, 11) is -4.79. The SMILES string of the molecule is CC/C=C\C[C@@H](O)/C=C/C=C\C=C\[C@@H](O)C/C=C\C/C=C\CCC(=O)OC[C@H](COP(=O)(O)O)OC(=O)CCCCCCCCCCCCCCCC. The van der Waals surface area contributed by atoms with E-state index >= 15 is 0 Å². The van der Waals surface area contributed by atoms with E-state index in [2.05, 4.69) is 11.4 Å². The third-order valence-corrected chi connectivity index (χ3v) is 8.65. The first-order chi connectivity index (χ1) is 25.6. The molecule has 4 N–H and O–H groups in total. The normalized spacial score (nSPS) is 14.5. The average molecular weight is 767 g/mol. The van der Waals surface area contributed by atoms with Crippen molar-refractivity contribution in [3.8, 4) is 0 Å². The van der Waals surface area contributed by atoms with Crippen molar-refractivity contribution in [3.63, 3.8) is 0 Å². The van der Waals surface area contributed by atoms with Crippen molar-refractivity contribution in [1.29, 1.82) is 0 Å². The summed E-state index contributed by atoms with van der Waals surface area (Å²) in [6.45, 7) is 3.33. The monoisotopic (exact) mass is 766 g/mol. The van der Waals surface area contributed by atoms with Gasteiger partial charge >= 0.3 is 19.8 Å². The quantitative estimate of drug-likeness (QED) is 0.0161. The van der Waals surface area contributed by atoms with Gasteiger partial charge in [0.15, 0.2) is 6.10 Å². The lowest BCUT2D eigenvalue weighted by Crippen LogP contribution is -2.29. The predicted octanol–water partition coefficient (Wildman–Crippen LogP) is 9.84. The van der Waals surface area contributed by atoms with E-state index in [1.54, 1.807) is 36.5 Å². The molecule has 0 aliphatic carbocycles. The molecule has 53 heavy (non-hydrogen) atoms. The number of carbonyl (C=O) groups is 2. The molecule has 304 valence electrons. The van der Waals surface area contributed by atoms with Crippen molar-refractivity contribution < 1.29 is 48.2 Å². The summed E-state index contributed by atoms with van der Waals surface area (Å²) in [5, 5.41) is 19.9. The lowest BCUT2D eigenvalue weighted by atomic mass is 10.0. The zero-order valence-electron chi connectivity index (χ0n) is 32.6. The second-order valence-corrected chi connectivity index (χ2v) is 14.5. The standard InChI is InChI=1S/C42H71O10P/c1-3-5-7-8-9-10-11-12-13-14-15-16-21-29-35-42(46)52-40(37-51-53(47,48)49)36-50-41(45)34-28-20-18-17-19-25-31-39(44)33-27-23-22-26-32-38(43)30-24-6-4-2/h6,18-20,22-27,32-33,38-40,43-44H,3-5,7-17,21,28-31,34-37H2,1-2H3,(H2,47,48,49)/b20-18-,23-22-,24-6-,25-19-,32-26+,33-27+/t38-,39+,40-/m1/s1. The van der Waals surface area contributed by atoms with Gasteiger partial charge in [0.1, 0.15) is 6.61 Å². The molecule has 11 heteroatoms. The maximum atomic E-state index is 12.4. The van der Waals surface area contributed by atoms with E-state index in [0.717, 1.165) is 25.7 Å². The van der Waals surface area contributed by atoms with Crippen LogP contribution in [0, 0.1) is 0 Å². The highest BCUT2D eigenvalue weighted by atomic mass is 31.2. The van der Waals surface area contributed by atoms with Gasteiger partial charge in [-0.05, 0) is 38.5 Å². The van der Waals surface area contributed by atoms with Crippen LogP contribution in [0.15, 0.2) is 72.9 Å². The minimum absolute atomic E-state index is 0.0837. The molecule has 3 atom stereocenters. The molecule has 0 spiro atoms. The number of allylic oxidation sites excluding steroid dienone is 8. The predicted molar refractivity (Wildman–Crippen MR) is 214 cm³/mol. The molecule has 0 fully saturated rings. The van der Waals surface area contributed by atoms with E-state index in [1.807, 2.05) is 43.4 Å². The molecule has 0 rings (SSSR count). The molecule has 0 aliphatic heterocycles. The smallest absolute Gasteiger partial charge is 0.462 e. The van der Waals surface area contributed by atoms with Crippen LogP contribution in [0.2, 0.25) is 0 Å². The van der Waals surface area contributed by atoms with Crippen LogP contribution in [-0.2, 0) is 28.2 Å². The highest BCUT2D eigenvalue weighted by Gasteiger charge is 2.22. The Morgan fingerprint density at radius 1 is 0.604 bits per heavy atom. The van der Waals surface area contributed by atoms with Gasteiger partial charge in [-0.2, -0.15) is 0 Å². The zero-order chi connectivity index (χ0) is 39.3. The number of esters is 2. The first-order valence-corrected chi connectivity index (χ1v) is 21.5. The number of aliphatic hydroxyl groups excluding tert-OH is 2. The highest BCUT2D eigenvalue weighted by molar-refractivity contribution is 7.46. The van der Waals surface area contributed by atoms with Gasteiger partial charge in [-0.15, -0.1) is 0 Å². The maximum Gasteiger partial charge on any atom is 0.469 e. The molecular formula is C42H71O10P. The number of aliphatic hydroxyl groups is 2. The van der Waals surface area contributed by atoms with Gasteiger partial charge in [0.2, 0.25) is 0 Å². The molecule has 0 amide bonds. The minimum Gasteiger partial charge on any atom is -0.462 e. The number of rotatable bonds is 35. The van der Waals surface area contributed by atoms with Gasteiger partial charge in [-0.3, -0.25) is 14.1 Å². The number of carbonyl (C=O) groups excluding carboxylic acids is 2. The third-order valence-electron chi connectivity index (χ3n) is 8.17. The number of unbranched alkanes of at least 4 members (excludes halogenated alkanes) is 13. The van der Waals surface area contributed by atoms with Gasteiger partial charge in [0.25, 0.3) is 0 Å². The Labute approximate surface area is 320 Å². The molecule has 0 aromatic heterocycles. The van der Waals surface area contributed by atoms with Crippen LogP contribution < -0.4 is 0 Å². The Kier molecular flexibility index (Phi) is 34.6. The van der Waals surface area contributed by atoms with E-state index in [4.69, 9.17) is 19.3 Å². The van der Waals surface area contributed by atoms with Crippen LogP contribution in [0.3, 0.4) is 0 Å². The van der Waals surface area contributed by atoms with Gasteiger partial charge in [0, 0.05) is 12.8 Å². The van der Waals surface area contributed by atoms with Crippen molar-refractivity contribution in [2.24, 2.45) is 0 Å². The second kappa shape index (κ2) is 36.4. The average Bonchev–Trinajstić information content (AvgIpc) is 3.11. The molecular weight excluding hydrogens is 695 g/mol. The number of hydrogen-bond acceptors (Lipinski definition) is 8. The van der Waals surface area contributed by atoms with Crippen LogP contribution in [0.25, 0.3) is 0 Å². The van der Waals surface area contributed by atoms with Gasteiger partial charge in [-0.25, -0.2) is 4.57 Å². The van der Waals surface area contributed by atoms with Gasteiger partial charge in [-0.1, -0.05) is 170 Å². The molecule has 0 aromatic rings. The van der Waals surface area contributed by atoms with Crippen LogP contribution in [0.5, 0.6) is 0 Å². The van der Waals surface area contributed by atoms with E-state index in [9.17, 15) is 24.4 Å². The Balaban J connectivity index is 4.20. The van der Waals surface area contributed by atoms with E-state index in [-0.39, 0.29) is 19.4 Å². The van der Waals surface area contributed by atoms with E-state index in [1.165, 1.54) is 64.2 Å². The fraction of sp³-hybridized carbons (Fsp3) is 0.667. The molecule has 0 unspecified atom stereocenters. The molecule has 10 nitrogen and oxygen atoms in total. The largest absolute Gasteiger partial charge is 0.469 e. The third kappa shape index (κ3) is 38.9. The minimum atomic E-state index is -4.79. The van der Waals surface area contributed by atoms with E-state index < -0.39 is 44.7 Å². The number of phosphoric ester groups is 1. The first kappa shape index (κ1) is 50.4. The summed E-state index contributed by atoms with van der Waals surface area (Å²) < 4.78 is 26.2. The Hall–Kier alpha value is -2.59. The van der Waals surface area contributed by atoms with Crippen molar-refractivity contribution >= 4 is 19.8 Å². The summed E-state index contributed by atoms with van der Waals surface area (Å²) in [5.74, 6) is -1.05. The number of hydrogen-bond donors (Lipinski definition) is 4. The number of phosphoric acid groups is 1. The molecule has 0 bridgehead atoms. The van der Waals surface area contributed by atoms with Crippen LogP contribution in [0.4, 0.5) is 0 Å². The first-order valence-electron chi connectivity index (χ1n) is 19.9. The summed E-state index contributed by atoms with van der Waals surface area (Å²) in [4.78, 5) is 42.7. The summed E-state index contributed by atoms with van der Waals surface area (Å²) in [5.41, 5.74) is 0. The second-order valence-electron chi connectivity index (χ2n) is 13.3. The summed E-state index contributed by atoms with van der Waals surface area (Å²) in [6, 6.07) is 0. The van der Waals surface area contributed by atoms with Crippen LogP contribution >= 0.6 is 7.82 Å². The summed E-state index contributed by atoms with van der Waals surface area (Å²) in [6.07, 6.45) is 39.8. The number of ether oxygens (including phenoxy) is 2. The Morgan fingerprint density at radius 3 is 1.64 bits per heavy atom. The molecule has 0 radical (unpaired) electrons. The lowest BCUT2D eigenvalue weighted by molar-refractivity contribution is -0.161. The van der Waals surface area contributed by atoms with Gasteiger partial charge < -0.3 is 29.5 Å². The van der Waals surface area contributed by atoms with Crippen molar-refractivity contribution in [1.82, 2.24) is 0 Å². The molecule has 0 saturated heterocycles. The van der Waals surface area contributed by atoms with Crippen LogP contribution in [0.1, 0.15) is 149 Å². The topological polar surface area (TPSA) is 160 Å². The van der Waals surface area contributed by atoms with E-state index in [0.29, 0.717) is 32.1 Å². The molecule has 0 saturated carbocycles. The fourth-order valence-electron chi connectivity index (χ4n) is 5.16. The zero-order valence-corrected chi connectivity index (χ0v) is 33.5. The Bertz CT molecular complexity index is 1120. The molecule has 0 aromatic carbocycles. The Morgan fingerprint density at radius 2 is 1.11 bits per heavy atom. The molecule has 0 aliphatic rings. The summed E-state index contributed by atoms with van der Waals surface area (Å²) >= 11 is 0. The van der Waals surface area contributed by atoms with Crippen molar-refractivity contribution in [2.45, 2.75) is 167 Å².